The van der Waals surface area contributed by atoms with Crippen LogP contribution >= 0.6 is 0 Å². The van der Waals surface area contributed by atoms with E-state index in [9.17, 15) is 14.7 Å². The van der Waals surface area contributed by atoms with Crippen LogP contribution in [0.4, 0.5) is 0 Å². The van der Waals surface area contributed by atoms with Crippen LogP contribution in [-0.2, 0) is 16.0 Å². The summed E-state index contributed by atoms with van der Waals surface area (Å²) in [5.74, 6) is -1.22. The first kappa shape index (κ1) is 13.6. The van der Waals surface area contributed by atoms with Gasteiger partial charge in [0, 0.05) is 13.6 Å². The summed E-state index contributed by atoms with van der Waals surface area (Å²) in [7, 11) is 1.69. The Bertz CT molecular complexity index is 466. The molecule has 0 aliphatic heterocycles. The minimum Gasteiger partial charge on any atom is -0.480 e. The topological polar surface area (TPSA) is 57.6 Å². The lowest BCUT2D eigenvalue weighted by atomic mass is 9.68. The summed E-state index contributed by atoms with van der Waals surface area (Å²) in [6.07, 6.45) is 2.51. The van der Waals surface area contributed by atoms with Crippen molar-refractivity contribution in [3.05, 3.63) is 35.9 Å². The van der Waals surface area contributed by atoms with Crippen molar-refractivity contribution in [3.63, 3.8) is 0 Å². The van der Waals surface area contributed by atoms with Crippen LogP contribution in [0.3, 0.4) is 0 Å². The van der Waals surface area contributed by atoms with E-state index in [1.807, 2.05) is 30.3 Å². The van der Waals surface area contributed by atoms with E-state index >= 15 is 0 Å². The molecule has 0 aromatic heterocycles. The number of benzene rings is 1. The Morgan fingerprint density at radius 1 is 1.26 bits per heavy atom. The number of carboxylic acid groups (broad SMARTS) is 1. The second-order valence-electron chi connectivity index (χ2n) is 5.20. The highest BCUT2D eigenvalue weighted by Crippen LogP contribution is 2.42. The average molecular weight is 261 g/mol. The minimum absolute atomic E-state index is 0.248. The molecule has 1 N–H and O–H groups in total. The second-order valence-corrected chi connectivity index (χ2v) is 5.20. The number of carbonyl (C=O) groups excluding carboxylic acids is 1. The van der Waals surface area contributed by atoms with E-state index in [-0.39, 0.29) is 5.91 Å². The van der Waals surface area contributed by atoms with Gasteiger partial charge in [-0.3, -0.25) is 9.59 Å². The predicted octanol–water partition coefficient (Wildman–Crippen LogP) is 1.94. The predicted molar refractivity (Wildman–Crippen MR) is 71.7 cm³/mol. The van der Waals surface area contributed by atoms with Gasteiger partial charge in [0.15, 0.2) is 0 Å². The first-order valence-electron chi connectivity index (χ1n) is 6.59. The molecular formula is C15H19NO3. The summed E-state index contributed by atoms with van der Waals surface area (Å²) < 4.78 is 0. The summed E-state index contributed by atoms with van der Waals surface area (Å²) in [6.45, 7) is 0.553. The highest BCUT2D eigenvalue weighted by atomic mass is 16.4. The van der Waals surface area contributed by atoms with E-state index in [1.54, 1.807) is 11.9 Å². The molecule has 102 valence electrons. The molecule has 0 unspecified atom stereocenters. The molecule has 0 atom stereocenters. The molecule has 4 nitrogen and oxygen atoms in total. The molecule has 2 rings (SSSR count). The van der Waals surface area contributed by atoms with Crippen molar-refractivity contribution in [3.8, 4) is 0 Å². The van der Waals surface area contributed by atoms with Crippen LogP contribution in [-0.4, -0.2) is 35.5 Å². The SMILES string of the molecule is CN(CCc1ccccc1)C(=O)C1(C(=O)O)CCC1. The summed E-state index contributed by atoms with van der Waals surface area (Å²) in [5, 5.41) is 9.24. The molecule has 1 aromatic carbocycles. The van der Waals surface area contributed by atoms with E-state index < -0.39 is 11.4 Å². The smallest absolute Gasteiger partial charge is 0.319 e. The van der Waals surface area contributed by atoms with Gasteiger partial charge < -0.3 is 10.0 Å². The molecule has 19 heavy (non-hydrogen) atoms. The second kappa shape index (κ2) is 5.43. The Morgan fingerprint density at radius 3 is 2.37 bits per heavy atom. The van der Waals surface area contributed by atoms with Gasteiger partial charge in [-0.25, -0.2) is 0 Å². The quantitative estimate of drug-likeness (QED) is 0.824. The third kappa shape index (κ3) is 2.62. The molecule has 0 saturated heterocycles. The fourth-order valence-electron chi connectivity index (χ4n) is 2.46. The molecule has 0 heterocycles. The van der Waals surface area contributed by atoms with Gasteiger partial charge in [0.1, 0.15) is 5.41 Å². The number of nitrogens with zero attached hydrogens (tertiary/aromatic N) is 1. The van der Waals surface area contributed by atoms with Crippen molar-refractivity contribution in [2.24, 2.45) is 5.41 Å². The molecule has 1 saturated carbocycles. The van der Waals surface area contributed by atoms with Crippen molar-refractivity contribution >= 4 is 11.9 Å². The Morgan fingerprint density at radius 2 is 1.89 bits per heavy atom. The first-order chi connectivity index (χ1) is 9.06. The maximum absolute atomic E-state index is 12.3. The monoisotopic (exact) mass is 261 g/mol. The number of hydrogen-bond acceptors (Lipinski definition) is 2. The van der Waals surface area contributed by atoms with Gasteiger partial charge in [-0.05, 0) is 24.8 Å². The molecule has 0 radical (unpaired) electrons. The third-order valence-corrected chi connectivity index (χ3v) is 3.95. The van der Waals surface area contributed by atoms with Crippen molar-refractivity contribution in [1.82, 2.24) is 4.90 Å². The van der Waals surface area contributed by atoms with Gasteiger partial charge in [-0.1, -0.05) is 36.8 Å². The number of hydrogen-bond donors (Lipinski definition) is 1. The number of carbonyl (C=O) groups is 2. The Balaban J connectivity index is 1.94. The van der Waals surface area contributed by atoms with Gasteiger partial charge >= 0.3 is 5.97 Å². The lowest BCUT2D eigenvalue weighted by Gasteiger charge is -2.38. The Labute approximate surface area is 113 Å². The fraction of sp³-hybridized carbons (Fsp3) is 0.467. The number of rotatable bonds is 5. The van der Waals surface area contributed by atoms with Crippen LogP contribution in [0.15, 0.2) is 30.3 Å². The van der Waals surface area contributed by atoms with Crippen LogP contribution in [0.25, 0.3) is 0 Å². The van der Waals surface area contributed by atoms with E-state index in [2.05, 4.69) is 0 Å². The molecule has 0 bridgehead atoms. The molecule has 1 fully saturated rings. The number of likely N-dealkylation sites (N-methyl/N-ethyl adjacent to an activating group) is 1. The zero-order valence-corrected chi connectivity index (χ0v) is 11.1. The van der Waals surface area contributed by atoms with E-state index in [4.69, 9.17) is 0 Å². The van der Waals surface area contributed by atoms with E-state index in [0.29, 0.717) is 19.4 Å². The lowest BCUT2D eigenvalue weighted by Crippen LogP contribution is -2.51. The summed E-state index contributed by atoms with van der Waals surface area (Å²) in [4.78, 5) is 25.1. The lowest BCUT2D eigenvalue weighted by molar-refractivity contribution is -0.166. The minimum atomic E-state index is -1.15. The Hall–Kier alpha value is -1.84. The van der Waals surface area contributed by atoms with Crippen LogP contribution in [0.2, 0.25) is 0 Å². The average Bonchev–Trinajstić information content (AvgIpc) is 2.35. The van der Waals surface area contributed by atoms with E-state index in [1.165, 1.54) is 0 Å². The van der Waals surface area contributed by atoms with Crippen LogP contribution in [0.1, 0.15) is 24.8 Å². The van der Waals surface area contributed by atoms with Gasteiger partial charge in [-0.15, -0.1) is 0 Å². The largest absolute Gasteiger partial charge is 0.480 e. The van der Waals surface area contributed by atoms with Crippen molar-refractivity contribution in [2.45, 2.75) is 25.7 Å². The van der Waals surface area contributed by atoms with Gasteiger partial charge in [0.25, 0.3) is 0 Å². The first-order valence-corrected chi connectivity index (χ1v) is 6.59. The van der Waals surface area contributed by atoms with Gasteiger partial charge in [0.2, 0.25) is 5.91 Å². The molecule has 1 aliphatic rings. The standard InChI is InChI=1S/C15H19NO3/c1-16(11-8-12-6-3-2-4-7-12)13(17)15(14(18)19)9-5-10-15/h2-4,6-7H,5,8-11H2,1H3,(H,18,19). The third-order valence-electron chi connectivity index (χ3n) is 3.95. The maximum atomic E-state index is 12.3. The summed E-state index contributed by atoms with van der Waals surface area (Å²) in [5.41, 5.74) is 0.00552. The van der Waals surface area contributed by atoms with Gasteiger partial charge in [0.05, 0.1) is 0 Å². The molecule has 1 aromatic rings. The van der Waals surface area contributed by atoms with Crippen LogP contribution in [0, 0.1) is 5.41 Å². The van der Waals surface area contributed by atoms with E-state index in [0.717, 1.165) is 18.4 Å². The van der Waals surface area contributed by atoms with Crippen molar-refractivity contribution in [1.29, 1.82) is 0 Å². The molecule has 4 heteroatoms. The molecular weight excluding hydrogens is 242 g/mol. The number of amides is 1. The zero-order chi connectivity index (χ0) is 13.9. The molecule has 1 aliphatic carbocycles. The molecule has 0 spiro atoms. The molecule has 1 amide bonds. The van der Waals surface area contributed by atoms with Crippen LogP contribution in [0.5, 0.6) is 0 Å². The zero-order valence-electron chi connectivity index (χ0n) is 11.1. The highest BCUT2D eigenvalue weighted by molar-refractivity contribution is 6.02. The fourth-order valence-corrected chi connectivity index (χ4v) is 2.46. The summed E-state index contributed by atoms with van der Waals surface area (Å²) >= 11 is 0. The maximum Gasteiger partial charge on any atom is 0.319 e. The van der Waals surface area contributed by atoms with Crippen LogP contribution < -0.4 is 0 Å². The van der Waals surface area contributed by atoms with Crippen molar-refractivity contribution in [2.75, 3.05) is 13.6 Å². The van der Waals surface area contributed by atoms with Crippen molar-refractivity contribution < 1.29 is 14.7 Å². The highest BCUT2D eigenvalue weighted by Gasteiger charge is 2.52. The number of aliphatic carboxylic acids is 1. The number of carboxylic acids is 1. The Kier molecular flexibility index (Phi) is 3.88. The normalized spacial score (nSPS) is 16.5. The summed E-state index contributed by atoms with van der Waals surface area (Å²) in [6, 6.07) is 9.89. The van der Waals surface area contributed by atoms with Gasteiger partial charge in [-0.2, -0.15) is 0 Å².